The standard InChI is InChI=1S/C37H39Cl2N3O7S/c1-47-31-9-8-24(16-32(31)48-2)26(18-28-29(38)19-42(46)20-30(28)39)27-17-25(50-35(27)36(43)44)10-13-40-34(23-6-4-3-5-7-23)37(45)49-33-21-41-14-11-22(33)12-15-41/h3-9,16-17,19-20,22,26,33-34,40H,10-15,18,21H2,1-2H3,(H-,43,44,46)/p+1/t26-,33-,34?/m0/s1. The highest BCUT2D eigenvalue weighted by Gasteiger charge is 2.38. The summed E-state index contributed by atoms with van der Waals surface area (Å²) in [5.41, 5.74) is 2.71. The number of halogens is 2. The summed E-state index contributed by atoms with van der Waals surface area (Å²) in [4.78, 5) is 29.7. The van der Waals surface area contributed by atoms with Gasteiger partial charge in [0.2, 0.25) is 12.4 Å². The zero-order valence-corrected chi connectivity index (χ0v) is 30.1. The maximum atomic E-state index is 13.6. The molecule has 3 atom stereocenters. The van der Waals surface area contributed by atoms with E-state index in [1.54, 1.807) is 13.2 Å². The number of nitrogens with zero attached hydrogens (tertiary/aromatic N) is 2. The number of aromatic carboxylic acids is 1. The van der Waals surface area contributed by atoms with Crippen LogP contribution in [0.4, 0.5) is 0 Å². The quantitative estimate of drug-likeness (QED) is 0.0791. The summed E-state index contributed by atoms with van der Waals surface area (Å²) in [6.45, 7) is 3.29. The van der Waals surface area contributed by atoms with Crippen molar-refractivity contribution in [3.8, 4) is 11.5 Å². The summed E-state index contributed by atoms with van der Waals surface area (Å²) in [5, 5.41) is 24.2. The molecule has 3 saturated heterocycles. The lowest BCUT2D eigenvalue weighted by molar-refractivity contribution is -0.904. The van der Waals surface area contributed by atoms with E-state index in [0.29, 0.717) is 41.5 Å². The first kappa shape index (κ1) is 35.9. The fraction of sp³-hybridized carbons (Fsp3) is 0.378. The number of rotatable bonds is 14. The van der Waals surface area contributed by atoms with Crippen LogP contribution in [0.5, 0.6) is 11.5 Å². The Labute approximate surface area is 305 Å². The summed E-state index contributed by atoms with van der Waals surface area (Å²) < 4.78 is 17.9. The van der Waals surface area contributed by atoms with E-state index in [4.69, 9.17) is 37.4 Å². The van der Waals surface area contributed by atoms with E-state index in [-0.39, 0.29) is 33.4 Å². The molecular weight excluding hydrogens is 701 g/mol. The van der Waals surface area contributed by atoms with Gasteiger partial charge in [-0.2, -0.15) is 0 Å². The molecule has 0 aliphatic carbocycles. The highest BCUT2D eigenvalue weighted by Crippen LogP contribution is 2.41. The van der Waals surface area contributed by atoms with Gasteiger partial charge in [0.15, 0.2) is 11.5 Å². The van der Waals surface area contributed by atoms with Gasteiger partial charge in [-0.1, -0.05) is 59.6 Å². The fourth-order valence-electron chi connectivity index (χ4n) is 7.01. The number of fused-ring (bicyclic) bond motifs is 3. The third-order valence-corrected chi connectivity index (χ3v) is 11.5. The highest BCUT2D eigenvalue weighted by molar-refractivity contribution is 7.14. The minimum Gasteiger partial charge on any atom is -0.493 e. The number of pyridine rings is 1. The van der Waals surface area contributed by atoms with Gasteiger partial charge in [-0.15, -0.1) is 11.3 Å². The number of benzene rings is 2. The van der Waals surface area contributed by atoms with Crippen LogP contribution in [0.15, 0.2) is 67.0 Å². The van der Waals surface area contributed by atoms with Crippen molar-refractivity contribution in [3.63, 3.8) is 0 Å². The third kappa shape index (κ3) is 8.03. The lowest BCUT2D eigenvalue weighted by atomic mass is 9.85. The van der Waals surface area contributed by atoms with Gasteiger partial charge in [0, 0.05) is 34.2 Å². The molecule has 2 aromatic carbocycles. The molecule has 1 unspecified atom stereocenters. The van der Waals surface area contributed by atoms with Crippen molar-refractivity contribution in [1.29, 1.82) is 0 Å². The fourth-order valence-corrected chi connectivity index (χ4v) is 8.67. The Hall–Kier alpha value is -3.87. The molecule has 0 spiro atoms. The molecule has 10 nitrogen and oxygen atoms in total. The van der Waals surface area contributed by atoms with Gasteiger partial charge in [-0.25, -0.2) is 9.59 Å². The number of piperidine rings is 3. The molecule has 0 radical (unpaired) electrons. The first-order valence-electron chi connectivity index (χ1n) is 16.5. The predicted octanol–water partition coefficient (Wildman–Crippen LogP) is 6.18. The van der Waals surface area contributed by atoms with Crippen LogP contribution in [0, 0.1) is 5.92 Å². The number of carboxylic acids is 1. The molecule has 5 heterocycles. The summed E-state index contributed by atoms with van der Waals surface area (Å²) in [7, 11) is 3.08. The summed E-state index contributed by atoms with van der Waals surface area (Å²) in [6.07, 6.45) is 5.36. The van der Waals surface area contributed by atoms with Crippen LogP contribution in [0.1, 0.15) is 61.6 Å². The van der Waals surface area contributed by atoms with Crippen molar-refractivity contribution in [2.45, 2.75) is 43.7 Å². The maximum absolute atomic E-state index is 13.6. The van der Waals surface area contributed by atoms with Crippen LogP contribution in [0.25, 0.3) is 0 Å². The summed E-state index contributed by atoms with van der Waals surface area (Å²) >= 11 is 14.3. The Morgan fingerprint density at radius 2 is 1.70 bits per heavy atom. The molecule has 3 N–H and O–H groups in total. The van der Waals surface area contributed by atoms with E-state index in [9.17, 15) is 19.9 Å². The molecule has 264 valence electrons. The monoisotopic (exact) mass is 740 g/mol. The third-order valence-electron chi connectivity index (χ3n) is 9.62. The Bertz CT molecular complexity index is 1810. The van der Waals surface area contributed by atoms with Crippen LogP contribution in [0.2, 0.25) is 10.0 Å². The van der Waals surface area contributed by atoms with E-state index < -0.39 is 17.9 Å². The number of carboxylic acid groups (broad SMARTS) is 1. The van der Waals surface area contributed by atoms with Gasteiger partial charge in [-0.05, 0) is 79.6 Å². The van der Waals surface area contributed by atoms with Gasteiger partial charge in [0.1, 0.15) is 27.1 Å². The Morgan fingerprint density at radius 3 is 2.32 bits per heavy atom. The maximum Gasteiger partial charge on any atom is 0.346 e. The molecule has 2 bridgehead atoms. The van der Waals surface area contributed by atoms with E-state index in [1.807, 2.05) is 48.5 Å². The van der Waals surface area contributed by atoms with Crippen molar-refractivity contribution in [2.75, 3.05) is 40.4 Å². The number of methoxy groups -OCH3 is 2. The number of thiophene rings is 1. The average Bonchev–Trinajstić information content (AvgIpc) is 3.54. The normalized spacial score (nSPS) is 19.5. The van der Waals surface area contributed by atoms with Crippen molar-refractivity contribution >= 4 is 46.5 Å². The van der Waals surface area contributed by atoms with Crippen LogP contribution in [0.3, 0.4) is 0 Å². The first-order valence-corrected chi connectivity index (χ1v) is 18.1. The van der Waals surface area contributed by atoms with Crippen LogP contribution < -0.4 is 19.5 Å². The Balaban J connectivity index is 1.27. The SMILES string of the molecule is COc1ccc([C@H](Cc2c(Cl)c[n+](O)cc2Cl)c2cc(CCNC(C(=O)O[C@H]3CN4CCC3CC4)c3ccccc3)sc2C(=O)O)cc1OC. The van der Waals surface area contributed by atoms with E-state index >= 15 is 0 Å². The molecule has 3 fully saturated rings. The largest absolute Gasteiger partial charge is 0.493 e. The van der Waals surface area contributed by atoms with Gasteiger partial charge < -0.3 is 24.6 Å². The van der Waals surface area contributed by atoms with Crippen molar-refractivity contribution < 1.29 is 38.8 Å². The van der Waals surface area contributed by atoms with Gasteiger partial charge in [-0.3, -0.25) is 10.1 Å². The molecule has 13 heteroatoms. The predicted molar refractivity (Wildman–Crippen MR) is 190 cm³/mol. The summed E-state index contributed by atoms with van der Waals surface area (Å²) in [6, 6.07) is 16.2. The van der Waals surface area contributed by atoms with Gasteiger partial charge in [0.05, 0.1) is 14.2 Å². The number of ether oxygens (including phenoxy) is 3. The minimum atomic E-state index is -1.06. The number of hydrogen-bond acceptors (Lipinski definition) is 9. The number of carbonyl (C=O) groups excluding carboxylic acids is 1. The van der Waals surface area contributed by atoms with Crippen LogP contribution in [-0.2, 0) is 22.4 Å². The molecule has 50 heavy (non-hydrogen) atoms. The number of hydrogen-bond donors (Lipinski definition) is 3. The second-order valence-electron chi connectivity index (χ2n) is 12.6. The second kappa shape index (κ2) is 16.0. The zero-order valence-electron chi connectivity index (χ0n) is 27.8. The van der Waals surface area contributed by atoms with E-state index in [1.165, 1.54) is 30.8 Å². The second-order valence-corrected chi connectivity index (χ2v) is 14.6. The Morgan fingerprint density at radius 1 is 1.00 bits per heavy atom. The minimum absolute atomic E-state index is 0.112. The lowest BCUT2D eigenvalue weighted by Gasteiger charge is -2.44. The lowest BCUT2D eigenvalue weighted by Crippen LogP contribution is -2.52. The average molecular weight is 742 g/mol. The molecule has 3 aliphatic heterocycles. The van der Waals surface area contributed by atoms with Crippen molar-refractivity contribution in [3.05, 3.63) is 109 Å². The number of nitrogens with one attached hydrogen (secondary N) is 1. The first-order chi connectivity index (χ1) is 24.1. The van der Waals surface area contributed by atoms with Crippen molar-refractivity contribution in [1.82, 2.24) is 10.2 Å². The smallest absolute Gasteiger partial charge is 0.346 e. The zero-order chi connectivity index (χ0) is 35.4. The molecule has 4 aromatic rings. The van der Waals surface area contributed by atoms with Gasteiger partial charge in [0.25, 0.3) is 0 Å². The van der Waals surface area contributed by atoms with Crippen molar-refractivity contribution in [2.24, 2.45) is 5.92 Å². The van der Waals surface area contributed by atoms with Crippen LogP contribution in [-0.4, -0.2) is 73.7 Å². The number of aromatic nitrogens is 1. The topological polar surface area (TPSA) is 121 Å². The van der Waals surface area contributed by atoms with E-state index in [2.05, 4.69) is 10.2 Å². The van der Waals surface area contributed by atoms with Crippen LogP contribution >= 0.6 is 34.5 Å². The molecule has 3 aliphatic rings. The molecule has 7 rings (SSSR count). The van der Waals surface area contributed by atoms with E-state index in [0.717, 1.165) is 53.2 Å². The Kier molecular flexibility index (Phi) is 11.5. The van der Waals surface area contributed by atoms with Gasteiger partial charge >= 0.3 is 11.9 Å². The molecular formula is C37H40Cl2N3O7S+. The summed E-state index contributed by atoms with van der Waals surface area (Å²) in [5.74, 6) is -0.455. The number of esters is 1. The molecule has 0 amide bonds. The molecule has 2 aromatic heterocycles. The molecule has 0 saturated carbocycles. The highest BCUT2D eigenvalue weighted by atomic mass is 35.5. The number of carbonyl (C=O) groups is 2.